The third-order valence-electron chi connectivity index (χ3n) is 4.01. The average molecular weight is 294 g/mol. The van der Waals surface area contributed by atoms with Crippen LogP contribution in [0.4, 0.5) is 0 Å². The van der Waals surface area contributed by atoms with Gasteiger partial charge in [0.1, 0.15) is 5.82 Å². The second kappa shape index (κ2) is 6.32. The number of benzene rings is 2. The average Bonchev–Trinajstić information content (AvgIpc) is 2.86. The van der Waals surface area contributed by atoms with E-state index in [1.54, 1.807) is 7.11 Å². The van der Waals surface area contributed by atoms with Gasteiger partial charge in [0.25, 0.3) is 0 Å². The highest BCUT2D eigenvalue weighted by Gasteiger charge is 2.13. The molecular formula is C19H22N2O. The van der Waals surface area contributed by atoms with E-state index in [9.17, 15) is 0 Å². The number of para-hydroxylation sites is 2. The van der Waals surface area contributed by atoms with Gasteiger partial charge in [0, 0.05) is 25.8 Å². The Morgan fingerprint density at radius 2 is 1.91 bits per heavy atom. The maximum absolute atomic E-state index is 5.20. The van der Waals surface area contributed by atoms with Crippen molar-refractivity contribution < 1.29 is 4.74 Å². The minimum atomic E-state index is 0.763. The van der Waals surface area contributed by atoms with Crippen LogP contribution in [-0.4, -0.2) is 23.3 Å². The highest BCUT2D eigenvalue weighted by Crippen LogP contribution is 2.28. The molecule has 0 saturated carbocycles. The fraction of sp³-hybridized carbons (Fsp3) is 0.316. The molecule has 1 aromatic heterocycles. The largest absolute Gasteiger partial charge is 0.385 e. The SMILES string of the molecule is COCCCn1c(-c2ccc(C)cc2C)nc2ccccc21. The molecule has 3 rings (SSSR count). The number of hydrogen-bond acceptors (Lipinski definition) is 2. The van der Waals surface area contributed by atoms with E-state index in [2.05, 4.69) is 54.8 Å². The van der Waals surface area contributed by atoms with Crippen molar-refractivity contribution in [2.75, 3.05) is 13.7 Å². The molecule has 3 nitrogen and oxygen atoms in total. The van der Waals surface area contributed by atoms with Crippen LogP contribution in [0, 0.1) is 13.8 Å². The number of hydrogen-bond donors (Lipinski definition) is 0. The van der Waals surface area contributed by atoms with E-state index in [-0.39, 0.29) is 0 Å². The number of aromatic nitrogens is 2. The summed E-state index contributed by atoms with van der Waals surface area (Å²) in [4.78, 5) is 4.87. The van der Waals surface area contributed by atoms with Crippen molar-refractivity contribution in [1.82, 2.24) is 9.55 Å². The summed E-state index contributed by atoms with van der Waals surface area (Å²) in [7, 11) is 1.75. The number of methoxy groups -OCH3 is 1. The molecule has 0 saturated heterocycles. The summed E-state index contributed by atoms with van der Waals surface area (Å²) in [5.41, 5.74) is 5.99. The van der Waals surface area contributed by atoms with Crippen molar-refractivity contribution in [1.29, 1.82) is 0 Å². The zero-order valence-electron chi connectivity index (χ0n) is 13.5. The van der Waals surface area contributed by atoms with Crippen molar-refractivity contribution >= 4 is 11.0 Å². The van der Waals surface area contributed by atoms with Crippen LogP contribution in [0.1, 0.15) is 17.5 Å². The Labute approximate surface area is 131 Å². The minimum absolute atomic E-state index is 0.763. The number of imidazole rings is 1. The Hall–Kier alpha value is -2.13. The maximum atomic E-state index is 5.20. The third kappa shape index (κ3) is 2.77. The lowest BCUT2D eigenvalue weighted by Gasteiger charge is -2.11. The molecule has 0 N–H and O–H groups in total. The molecule has 0 aliphatic carbocycles. The Morgan fingerprint density at radius 3 is 2.68 bits per heavy atom. The van der Waals surface area contributed by atoms with E-state index < -0.39 is 0 Å². The Kier molecular flexibility index (Phi) is 4.25. The molecule has 0 aliphatic heterocycles. The lowest BCUT2D eigenvalue weighted by molar-refractivity contribution is 0.191. The second-order valence-electron chi connectivity index (χ2n) is 5.74. The summed E-state index contributed by atoms with van der Waals surface area (Å²) < 4.78 is 7.52. The zero-order chi connectivity index (χ0) is 15.5. The zero-order valence-corrected chi connectivity index (χ0v) is 13.5. The maximum Gasteiger partial charge on any atom is 0.141 e. The molecule has 114 valence electrons. The Bertz CT molecular complexity index is 789. The van der Waals surface area contributed by atoms with Crippen LogP contribution < -0.4 is 0 Å². The lowest BCUT2D eigenvalue weighted by atomic mass is 10.1. The third-order valence-corrected chi connectivity index (χ3v) is 4.01. The monoisotopic (exact) mass is 294 g/mol. The molecule has 0 amide bonds. The second-order valence-corrected chi connectivity index (χ2v) is 5.74. The molecule has 2 aromatic carbocycles. The highest BCUT2D eigenvalue weighted by atomic mass is 16.5. The molecule has 0 fully saturated rings. The van der Waals surface area contributed by atoms with E-state index in [0.717, 1.165) is 30.9 Å². The summed E-state index contributed by atoms with van der Waals surface area (Å²) in [6.07, 6.45) is 0.981. The van der Waals surface area contributed by atoms with Crippen molar-refractivity contribution in [3.05, 3.63) is 53.6 Å². The van der Waals surface area contributed by atoms with Gasteiger partial charge in [0.15, 0.2) is 0 Å². The van der Waals surface area contributed by atoms with E-state index in [1.807, 2.05) is 6.07 Å². The first-order valence-electron chi connectivity index (χ1n) is 7.72. The van der Waals surface area contributed by atoms with Gasteiger partial charge in [-0.25, -0.2) is 4.98 Å². The highest BCUT2D eigenvalue weighted by molar-refractivity contribution is 5.81. The molecule has 3 aromatic rings. The van der Waals surface area contributed by atoms with Crippen LogP contribution in [0.5, 0.6) is 0 Å². The van der Waals surface area contributed by atoms with Crippen LogP contribution in [0.25, 0.3) is 22.4 Å². The van der Waals surface area contributed by atoms with E-state index in [0.29, 0.717) is 0 Å². The number of nitrogens with zero attached hydrogens (tertiary/aromatic N) is 2. The first kappa shape index (κ1) is 14.8. The van der Waals surface area contributed by atoms with Crippen molar-refractivity contribution in [3.8, 4) is 11.4 Å². The van der Waals surface area contributed by atoms with E-state index in [4.69, 9.17) is 9.72 Å². The predicted molar refractivity (Wildman–Crippen MR) is 91.1 cm³/mol. The normalized spacial score (nSPS) is 11.2. The smallest absolute Gasteiger partial charge is 0.141 e. The molecule has 22 heavy (non-hydrogen) atoms. The van der Waals surface area contributed by atoms with Gasteiger partial charge in [-0.2, -0.15) is 0 Å². The van der Waals surface area contributed by atoms with Crippen LogP contribution >= 0.6 is 0 Å². The summed E-state index contributed by atoms with van der Waals surface area (Å²) in [6, 6.07) is 14.9. The van der Waals surface area contributed by atoms with Crippen LogP contribution in [0.2, 0.25) is 0 Å². The van der Waals surface area contributed by atoms with Gasteiger partial charge in [0.05, 0.1) is 11.0 Å². The molecule has 0 aliphatic rings. The van der Waals surface area contributed by atoms with Crippen molar-refractivity contribution in [2.24, 2.45) is 0 Å². The standard InChI is InChI=1S/C19H22N2O/c1-14-9-10-16(15(2)13-14)19-20-17-7-4-5-8-18(17)21(19)11-6-12-22-3/h4-5,7-10,13H,6,11-12H2,1-3H3. The van der Waals surface area contributed by atoms with Crippen LogP contribution in [0.3, 0.4) is 0 Å². The van der Waals surface area contributed by atoms with Gasteiger partial charge in [-0.15, -0.1) is 0 Å². The molecule has 0 bridgehead atoms. The van der Waals surface area contributed by atoms with Crippen molar-refractivity contribution in [2.45, 2.75) is 26.8 Å². The van der Waals surface area contributed by atoms with Gasteiger partial charge in [0.2, 0.25) is 0 Å². The number of rotatable bonds is 5. The predicted octanol–water partition coefficient (Wildman–Crippen LogP) is 4.36. The first-order valence-corrected chi connectivity index (χ1v) is 7.72. The molecule has 0 radical (unpaired) electrons. The molecule has 0 spiro atoms. The first-order chi connectivity index (χ1) is 10.7. The summed E-state index contributed by atoms with van der Waals surface area (Å²) in [5, 5.41) is 0. The number of ether oxygens (including phenoxy) is 1. The molecule has 0 unspecified atom stereocenters. The quantitative estimate of drug-likeness (QED) is 0.654. The molecule has 3 heteroatoms. The number of fused-ring (bicyclic) bond motifs is 1. The fourth-order valence-electron chi connectivity index (χ4n) is 2.94. The molecule has 0 atom stereocenters. The Balaban J connectivity index is 2.12. The van der Waals surface area contributed by atoms with Gasteiger partial charge in [-0.3, -0.25) is 0 Å². The molecular weight excluding hydrogens is 272 g/mol. The van der Waals surface area contributed by atoms with Gasteiger partial charge in [-0.1, -0.05) is 35.9 Å². The fourth-order valence-corrected chi connectivity index (χ4v) is 2.94. The summed E-state index contributed by atoms with van der Waals surface area (Å²) in [5.74, 6) is 1.05. The molecule has 1 heterocycles. The Morgan fingerprint density at radius 1 is 1.09 bits per heavy atom. The van der Waals surface area contributed by atoms with Gasteiger partial charge in [-0.05, 0) is 38.0 Å². The van der Waals surface area contributed by atoms with E-state index in [1.165, 1.54) is 22.2 Å². The topological polar surface area (TPSA) is 27.1 Å². The summed E-state index contributed by atoms with van der Waals surface area (Å²) in [6.45, 7) is 5.95. The van der Waals surface area contributed by atoms with E-state index >= 15 is 0 Å². The number of aryl methyl sites for hydroxylation is 3. The van der Waals surface area contributed by atoms with Gasteiger partial charge >= 0.3 is 0 Å². The summed E-state index contributed by atoms with van der Waals surface area (Å²) >= 11 is 0. The van der Waals surface area contributed by atoms with Crippen LogP contribution in [0.15, 0.2) is 42.5 Å². The lowest BCUT2D eigenvalue weighted by Crippen LogP contribution is -2.04. The van der Waals surface area contributed by atoms with Crippen molar-refractivity contribution in [3.63, 3.8) is 0 Å². The minimum Gasteiger partial charge on any atom is -0.385 e. The van der Waals surface area contributed by atoms with Crippen LogP contribution in [-0.2, 0) is 11.3 Å². The van der Waals surface area contributed by atoms with Gasteiger partial charge < -0.3 is 9.30 Å².